The predicted octanol–water partition coefficient (Wildman–Crippen LogP) is 4.36. The molecule has 0 aliphatic heterocycles. The fourth-order valence-corrected chi connectivity index (χ4v) is 2.25. The maximum Gasteiger partial charge on any atom is 0.141 e. The Kier molecular flexibility index (Phi) is 3.25. The standard InChI is InChI=1S/C18H10N2O/c19-11-13-3-1-5-15(9-13)17-7-8-21-18(17)16-6-2-4-14(10-16)12-20/h1-10H. The first-order valence-electron chi connectivity index (χ1n) is 6.40. The highest BCUT2D eigenvalue weighted by Crippen LogP contribution is 2.33. The van der Waals surface area contributed by atoms with E-state index in [1.54, 1.807) is 24.5 Å². The van der Waals surface area contributed by atoms with Gasteiger partial charge in [-0.15, -0.1) is 0 Å². The molecule has 0 spiro atoms. The maximum atomic E-state index is 9.00. The van der Waals surface area contributed by atoms with Gasteiger partial charge in [-0.1, -0.05) is 24.3 Å². The van der Waals surface area contributed by atoms with Crippen molar-refractivity contribution in [2.75, 3.05) is 0 Å². The van der Waals surface area contributed by atoms with E-state index in [0.717, 1.165) is 16.7 Å². The van der Waals surface area contributed by atoms with Gasteiger partial charge >= 0.3 is 0 Å². The van der Waals surface area contributed by atoms with Crippen molar-refractivity contribution in [3.8, 4) is 34.6 Å². The van der Waals surface area contributed by atoms with Crippen LogP contribution in [0, 0.1) is 22.7 Å². The second-order valence-electron chi connectivity index (χ2n) is 4.55. The van der Waals surface area contributed by atoms with Crippen LogP contribution >= 0.6 is 0 Å². The highest BCUT2D eigenvalue weighted by molar-refractivity contribution is 5.80. The van der Waals surface area contributed by atoms with Crippen LogP contribution in [0.15, 0.2) is 65.3 Å². The van der Waals surface area contributed by atoms with E-state index in [9.17, 15) is 0 Å². The number of rotatable bonds is 2. The van der Waals surface area contributed by atoms with Crippen LogP contribution in [-0.2, 0) is 0 Å². The van der Waals surface area contributed by atoms with E-state index in [2.05, 4.69) is 12.1 Å². The molecule has 21 heavy (non-hydrogen) atoms. The van der Waals surface area contributed by atoms with Crippen molar-refractivity contribution in [1.29, 1.82) is 10.5 Å². The van der Waals surface area contributed by atoms with Crippen LogP contribution in [-0.4, -0.2) is 0 Å². The van der Waals surface area contributed by atoms with Gasteiger partial charge in [0, 0.05) is 11.1 Å². The predicted molar refractivity (Wildman–Crippen MR) is 79.0 cm³/mol. The summed E-state index contributed by atoms with van der Waals surface area (Å²) < 4.78 is 5.59. The van der Waals surface area contributed by atoms with Crippen LogP contribution in [0.2, 0.25) is 0 Å². The van der Waals surface area contributed by atoms with Gasteiger partial charge in [0.1, 0.15) is 5.76 Å². The molecular formula is C18H10N2O. The fourth-order valence-electron chi connectivity index (χ4n) is 2.25. The minimum absolute atomic E-state index is 0.584. The Labute approximate surface area is 122 Å². The molecule has 1 heterocycles. The van der Waals surface area contributed by atoms with Gasteiger partial charge in [0.25, 0.3) is 0 Å². The van der Waals surface area contributed by atoms with Gasteiger partial charge in [0.15, 0.2) is 0 Å². The van der Waals surface area contributed by atoms with Crippen LogP contribution in [0.3, 0.4) is 0 Å². The van der Waals surface area contributed by atoms with Crippen molar-refractivity contribution in [1.82, 2.24) is 0 Å². The van der Waals surface area contributed by atoms with Gasteiger partial charge in [-0.05, 0) is 35.9 Å². The lowest BCUT2D eigenvalue weighted by Crippen LogP contribution is -1.83. The molecule has 98 valence electrons. The molecule has 0 saturated heterocycles. The van der Waals surface area contributed by atoms with Crippen molar-refractivity contribution in [3.05, 3.63) is 72.0 Å². The van der Waals surface area contributed by atoms with E-state index in [4.69, 9.17) is 14.9 Å². The van der Waals surface area contributed by atoms with E-state index in [0.29, 0.717) is 16.9 Å². The molecule has 1 aromatic heterocycles. The van der Waals surface area contributed by atoms with Crippen LogP contribution in [0.4, 0.5) is 0 Å². The molecule has 0 saturated carbocycles. The summed E-state index contributed by atoms with van der Waals surface area (Å²) in [6, 6.07) is 20.7. The Bertz CT molecular complexity index is 806. The Hall–Kier alpha value is -3.30. The Balaban J connectivity index is 2.13. The van der Waals surface area contributed by atoms with E-state index in [1.165, 1.54) is 0 Å². The van der Waals surface area contributed by atoms with Gasteiger partial charge in [0.2, 0.25) is 0 Å². The largest absolute Gasteiger partial charge is 0.464 e. The number of furan rings is 1. The molecule has 0 N–H and O–H groups in total. The normalized spacial score (nSPS) is 9.81. The Morgan fingerprint density at radius 1 is 0.762 bits per heavy atom. The SMILES string of the molecule is N#Cc1cccc(-c2ccoc2-c2cccc(C#N)c2)c1. The molecule has 0 fully saturated rings. The Morgan fingerprint density at radius 3 is 2.05 bits per heavy atom. The first-order valence-corrected chi connectivity index (χ1v) is 6.40. The zero-order valence-corrected chi connectivity index (χ0v) is 11.1. The molecule has 0 unspecified atom stereocenters. The van der Waals surface area contributed by atoms with Crippen LogP contribution in [0.25, 0.3) is 22.5 Å². The third-order valence-corrected chi connectivity index (χ3v) is 3.22. The third kappa shape index (κ3) is 2.41. The highest BCUT2D eigenvalue weighted by Gasteiger charge is 2.12. The van der Waals surface area contributed by atoms with Crippen molar-refractivity contribution < 1.29 is 4.42 Å². The zero-order chi connectivity index (χ0) is 14.7. The first kappa shape index (κ1) is 12.7. The molecule has 3 rings (SSSR count). The smallest absolute Gasteiger partial charge is 0.141 e. The van der Waals surface area contributed by atoms with Gasteiger partial charge in [-0.2, -0.15) is 10.5 Å². The summed E-state index contributed by atoms with van der Waals surface area (Å²) in [6.07, 6.45) is 1.61. The minimum Gasteiger partial charge on any atom is -0.464 e. The summed E-state index contributed by atoms with van der Waals surface area (Å²) >= 11 is 0. The topological polar surface area (TPSA) is 60.7 Å². The van der Waals surface area contributed by atoms with Gasteiger partial charge in [0.05, 0.1) is 29.5 Å². The fraction of sp³-hybridized carbons (Fsp3) is 0. The number of nitriles is 2. The maximum absolute atomic E-state index is 9.00. The first-order chi connectivity index (χ1) is 10.3. The molecule has 0 aliphatic rings. The highest BCUT2D eigenvalue weighted by atomic mass is 16.3. The van der Waals surface area contributed by atoms with Crippen molar-refractivity contribution in [2.24, 2.45) is 0 Å². The van der Waals surface area contributed by atoms with Gasteiger partial charge in [-0.3, -0.25) is 0 Å². The number of hydrogen-bond donors (Lipinski definition) is 0. The molecular weight excluding hydrogens is 260 g/mol. The third-order valence-electron chi connectivity index (χ3n) is 3.22. The minimum atomic E-state index is 0.584. The quantitative estimate of drug-likeness (QED) is 0.695. The average Bonchev–Trinajstić information content (AvgIpc) is 3.04. The molecule has 2 aromatic carbocycles. The average molecular weight is 270 g/mol. The van der Waals surface area contributed by atoms with E-state index in [-0.39, 0.29) is 0 Å². The van der Waals surface area contributed by atoms with Crippen LogP contribution < -0.4 is 0 Å². The van der Waals surface area contributed by atoms with Crippen LogP contribution in [0.5, 0.6) is 0 Å². The summed E-state index contributed by atoms with van der Waals surface area (Å²) in [5.74, 6) is 0.696. The number of nitrogens with zero attached hydrogens (tertiary/aromatic N) is 2. The van der Waals surface area contributed by atoms with Crippen molar-refractivity contribution in [3.63, 3.8) is 0 Å². The zero-order valence-electron chi connectivity index (χ0n) is 11.1. The number of benzene rings is 2. The number of hydrogen-bond acceptors (Lipinski definition) is 3. The van der Waals surface area contributed by atoms with Crippen molar-refractivity contribution in [2.45, 2.75) is 0 Å². The molecule has 0 atom stereocenters. The van der Waals surface area contributed by atoms with E-state index >= 15 is 0 Å². The van der Waals surface area contributed by atoms with E-state index in [1.807, 2.05) is 36.4 Å². The van der Waals surface area contributed by atoms with Gasteiger partial charge in [-0.25, -0.2) is 0 Å². The van der Waals surface area contributed by atoms with E-state index < -0.39 is 0 Å². The van der Waals surface area contributed by atoms with Gasteiger partial charge < -0.3 is 4.42 Å². The lowest BCUT2D eigenvalue weighted by Gasteiger charge is -2.04. The molecule has 3 nitrogen and oxygen atoms in total. The van der Waals surface area contributed by atoms with Crippen molar-refractivity contribution >= 4 is 0 Å². The molecule has 0 bridgehead atoms. The summed E-state index contributed by atoms with van der Waals surface area (Å²) in [5, 5.41) is 18.0. The summed E-state index contributed by atoms with van der Waals surface area (Å²) in [7, 11) is 0. The second-order valence-corrected chi connectivity index (χ2v) is 4.55. The van der Waals surface area contributed by atoms with Crippen LogP contribution in [0.1, 0.15) is 11.1 Å². The molecule has 0 aliphatic carbocycles. The monoisotopic (exact) mass is 270 g/mol. The summed E-state index contributed by atoms with van der Waals surface area (Å²) in [6.45, 7) is 0. The summed E-state index contributed by atoms with van der Waals surface area (Å²) in [5.41, 5.74) is 3.85. The second kappa shape index (κ2) is 5.36. The molecule has 3 heteroatoms. The summed E-state index contributed by atoms with van der Waals surface area (Å²) in [4.78, 5) is 0. The molecule has 0 radical (unpaired) electrons. The lowest BCUT2D eigenvalue weighted by atomic mass is 10.00. The lowest BCUT2D eigenvalue weighted by molar-refractivity contribution is 0.583. The molecule has 3 aromatic rings. The Morgan fingerprint density at radius 2 is 1.38 bits per heavy atom. The molecule has 0 amide bonds.